The first-order valence-corrected chi connectivity index (χ1v) is 4.41. The zero-order valence-electron chi connectivity index (χ0n) is 8.04. The molecule has 2 aromatic rings. The predicted molar refractivity (Wildman–Crippen MR) is 57.9 cm³/mol. The van der Waals surface area contributed by atoms with E-state index >= 15 is 0 Å². The minimum atomic E-state index is -0.310. The number of hydrogen-bond donors (Lipinski definition) is 3. The minimum Gasteiger partial charge on any atom is -0.508 e. The van der Waals surface area contributed by atoms with Crippen LogP contribution >= 0.6 is 0 Å². The van der Waals surface area contributed by atoms with E-state index in [0.29, 0.717) is 0 Å². The Balaban J connectivity index is 0.000000162. The summed E-state index contributed by atoms with van der Waals surface area (Å²) >= 11 is 0. The van der Waals surface area contributed by atoms with Gasteiger partial charge in [-0.05, 0) is 12.1 Å². The lowest BCUT2D eigenvalue weighted by Crippen LogP contribution is -1.66. The van der Waals surface area contributed by atoms with Crippen LogP contribution in [-0.2, 0) is 0 Å². The molecule has 0 aliphatic rings. The molecule has 0 aromatic heterocycles. The third kappa shape index (κ3) is 4.04. The van der Waals surface area contributed by atoms with Gasteiger partial charge in [-0.1, -0.05) is 36.4 Å². The molecule has 0 heterocycles. The van der Waals surface area contributed by atoms with E-state index in [4.69, 9.17) is 15.3 Å². The van der Waals surface area contributed by atoms with Gasteiger partial charge in [-0.15, -0.1) is 0 Å². The summed E-state index contributed by atoms with van der Waals surface area (Å²) in [7, 11) is 0. The van der Waals surface area contributed by atoms with Crippen LogP contribution in [0.2, 0.25) is 0 Å². The van der Waals surface area contributed by atoms with Crippen LogP contribution in [0.1, 0.15) is 0 Å². The number of aromatic hydroxyl groups is 3. The lowest BCUT2D eigenvalue weighted by atomic mass is 10.3. The lowest BCUT2D eigenvalue weighted by Gasteiger charge is -1.95. The van der Waals surface area contributed by atoms with Crippen LogP contribution in [0.25, 0.3) is 0 Å². The maximum atomic E-state index is 8.69. The molecule has 0 unspecified atom stereocenters. The zero-order valence-corrected chi connectivity index (χ0v) is 8.04. The van der Waals surface area contributed by atoms with Gasteiger partial charge in [-0.3, -0.25) is 0 Å². The zero-order chi connectivity index (χ0) is 11.1. The van der Waals surface area contributed by atoms with Gasteiger partial charge in [-0.2, -0.15) is 0 Å². The third-order valence-electron chi connectivity index (χ3n) is 1.63. The Morgan fingerprint density at radius 2 is 1.07 bits per heavy atom. The van der Waals surface area contributed by atoms with Gasteiger partial charge in [0, 0.05) is 6.07 Å². The van der Waals surface area contributed by atoms with Crippen molar-refractivity contribution < 1.29 is 15.3 Å². The summed E-state index contributed by atoms with van der Waals surface area (Å²) in [6, 6.07) is 15.6. The quantitative estimate of drug-likeness (QED) is 0.456. The van der Waals surface area contributed by atoms with Crippen LogP contribution in [0.15, 0.2) is 54.6 Å². The van der Waals surface area contributed by atoms with E-state index in [0.717, 1.165) is 6.07 Å². The van der Waals surface area contributed by atoms with Crippen LogP contribution in [0, 0.1) is 0 Å². The number of benzene rings is 2. The van der Waals surface area contributed by atoms with Crippen LogP contribution in [0.3, 0.4) is 0 Å². The van der Waals surface area contributed by atoms with Crippen molar-refractivity contribution in [3.05, 3.63) is 54.6 Å². The number of phenols is 3. The fourth-order valence-electron chi connectivity index (χ4n) is 0.897. The average Bonchev–Trinajstić information content (AvgIpc) is 2.27. The second-order valence-corrected chi connectivity index (χ2v) is 2.83. The van der Waals surface area contributed by atoms with Crippen molar-refractivity contribution in [2.75, 3.05) is 0 Å². The van der Waals surface area contributed by atoms with E-state index in [1.165, 1.54) is 12.1 Å². The number of phenolic OH excluding ortho intramolecular Hbond substituents is 3. The molecule has 2 rings (SSSR count). The summed E-state index contributed by atoms with van der Waals surface area (Å²) in [6.45, 7) is 0. The van der Waals surface area contributed by atoms with Gasteiger partial charge in [0.1, 0.15) is 5.75 Å². The third-order valence-corrected chi connectivity index (χ3v) is 1.63. The SMILES string of the molecule is Oc1ccc(O)c(O)c1.c1ccccc1. The molecular formula is C12H12O3. The molecule has 0 saturated heterocycles. The highest BCUT2D eigenvalue weighted by molar-refractivity contribution is 5.42. The van der Waals surface area contributed by atoms with Crippen molar-refractivity contribution in [2.24, 2.45) is 0 Å². The highest BCUT2D eigenvalue weighted by Gasteiger charge is 1.96. The first-order valence-electron chi connectivity index (χ1n) is 4.41. The molecule has 15 heavy (non-hydrogen) atoms. The number of hydrogen-bond acceptors (Lipinski definition) is 3. The Kier molecular flexibility index (Phi) is 4.04. The normalized spacial score (nSPS) is 8.80. The van der Waals surface area contributed by atoms with Crippen molar-refractivity contribution in [3.8, 4) is 17.2 Å². The largest absolute Gasteiger partial charge is 0.508 e. The average molecular weight is 204 g/mol. The molecule has 0 radical (unpaired) electrons. The standard InChI is InChI=1S/C6H6O3.C6H6/c7-4-1-2-5(8)6(9)3-4;1-2-4-6-5-3-1/h1-3,7-9H;1-6H. The molecule has 3 heteroatoms. The van der Waals surface area contributed by atoms with Gasteiger partial charge in [0.05, 0.1) is 0 Å². The molecule has 3 nitrogen and oxygen atoms in total. The second-order valence-electron chi connectivity index (χ2n) is 2.83. The minimum absolute atomic E-state index is 0.0645. The molecule has 0 bridgehead atoms. The van der Waals surface area contributed by atoms with E-state index in [-0.39, 0.29) is 17.2 Å². The first-order chi connectivity index (χ1) is 7.20. The highest BCUT2D eigenvalue weighted by atomic mass is 16.3. The van der Waals surface area contributed by atoms with Crippen LogP contribution in [0.4, 0.5) is 0 Å². The fraction of sp³-hybridized carbons (Fsp3) is 0. The van der Waals surface area contributed by atoms with E-state index < -0.39 is 0 Å². The molecular weight excluding hydrogens is 192 g/mol. The Labute approximate surface area is 87.9 Å². The smallest absolute Gasteiger partial charge is 0.161 e. The van der Waals surface area contributed by atoms with E-state index in [1.807, 2.05) is 36.4 Å². The lowest BCUT2D eigenvalue weighted by molar-refractivity contribution is 0.396. The molecule has 0 spiro atoms. The van der Waals surface area contributed by atoms with Gasteiger partial charge >= 0.3 is 0 Å². The van der Waals surface area contributed by atoms with E-state index in [9.17, 15) is 0 Å². The Bertz CT molecular complexity index is 372. The van der Waals surface area contributed by atoms with Gasteiger partial charge in [0.15, 0.2) is 11.5 Å². The van der Waals surface area contributed by atoms with Crippen molar-refractivity contribution in [1.29, 1.82) is 0 Å². The molecule has 2 aromatic carbocycles. The summed E-state index contributed by atoms with van der Waals surface area (Å²) in [5, 5.41) is 26.0. The Morgan fingerprint density at radius 1 is 0.600 bits per heavy atom. The van der Waals surface area contributed by atoms with Crippen molar-refractivity contribution in [3.63, 3.8) is 0 Å². The van der Waals surface area contributed by atoms with E-state index in [2.05, 4.69) is 0 Å². The summed E-state index contributed by atoms with van der Waals surface area (Å²) in [4.78, 5) is 0. The van der Waals surface area contributed by atoms with Crippen molar-refractivity contribution in [1.82, 2.24) is 0 Å². The maximum Gasteiger partial charge on any atom is 0.161 e. The molecule has 78 valence electrons. The van der Waals surface area contributed by atoms with Gasteiger partial charge in [-0.25, -0.2) is 0 Å². The predicted octanol–water partition coefficient (Wildman–Crippen LogP) is 2.49. The molecule has 0 saturated carbocycles. The second kappa shape index (κ2) is 5.54. The summed E-state index contributed by atoms with van der Waals surface area (Å²) in [6.07, 6.45) is 0. The maximum absolute atomic E-state index is 8.69. The Morgan fingerprint density at radius 3 is 1.40 bits per heavy atom. The van der Waals surface area contributed by atoms with Gasteiger partial charge in [0.25, 0.3) is 0 Å². The number of rotatable bonds is 0. The fourth-order valence-corrected chi connectivity index (χ4v) is 0.897. The van der Waals surface area contributed by atoms with Gasteiger partial charge < -0.3 is 15.3 Å². The molecule has 0 aliphatic carbocycles. The molecule has 0 amide bonds. The highest BCUT2D eigenvalue weighted by Crippen LogP contribution is 2.27. The molecule has 3 N–H and O–H groups in total. The molecule has 0 aliphatic heterocycles. The van der Waals surface area contributed by atoms with Crippen molar-refractivity contribution in [2.45, 2.75) is 0 Å². The van der Waals surface area contributed by atoms with Crippen LogP contribution in [0.5, 0.6) is 17.2 Å². The summed E-state index contributed by atoms with van der Waals surface area (Å²) < 4.78 is 0. The summed E-state index contributed by atoms with van der Waals surface area (Å²) in [5.74, 6) is -0.604. The Hall–Kier alpha value is -2.16. The first kappa shape index (κ1) is 10.9. The topological polar surface area (TPSA) is 60.7 Å². The monoisotopic (exact) mass is 204 g/mol. The van der Waals surface area contributed by atoms with Crippen LogP contribution < -0.4 is 0 Å². The van der Waals surface area contributed by atoms with Crippen LogP contribution in [-0.4, -0.2) is 15.3 Å². The molecule has 0 fully saturated rings. The summed E-state index contributed by atoms with van der Waals surface area (Å²) in [5.41, 5.74) is 0. The van der Waals surface area contributed by atoms with E-state index in [1.54, 1.807) is 0 Å². The van der Waals surface area contributed by atoms with Gasteiger partial charge in [0.2, 0.25) is 0 Å². The molecule has 0 atom stereocenters. The van der Waals surface area contributed by atoms with Crippen molar-refractivity contribution >= 4 is 0 Å².